The van der Waals surface area contributed by atoms with E-state index in [0.717, 1.165) is 5.56 Å². The number of nitrogens with zero attached hydrogens (tertiary/aromatic N) is 1. The lowest BCUT2D eigenvalue weighted by atomic mass is 10.0. The SMILES string of the molecule is CC(C)[C@H](NC(=O)c1ccccc1F)C(=O)OCc1cc(-c2ccccc2)on1. The molecule has 1 amide bonds. The van der Waals surface area contributed by atoms with Crippen LogP contribution in [0.25, 0.3) is 11.3 Å². The van der Waals surface area contributed by atoms with Gasteiger partial charge in [-0.15, -0.1) is 0 Å². The first-order valence-electron chi connectivity index (χ1n) is 9.18. The van der Waals surface area contributed by atoms with Crippen molar-refractivity contribution in [3.05, 3.63) is 77.7 Å². The van der Waals surface area contributed by atoms with Gasteiger partial charge in [-0.05, 0) is 18.1 Å². The average molecular weight is 396 g/mol. The number of nitrogens with one attached hydrogen (secondary N) is 1. The lowest BCUT2D eigenvalue weighted by molar-refractivity contribution is -0.148. The Morgan fingerprint density at radius 2 is 1.79 bits per heavy atom. The second-order valence-corrected chi connectivity index (χ2v) is 6.83. The predicted molar refractivity (Wildman–Crippen MR) is 104 cm³/mol. The van der Waals surface area contributed by atoms with Crippen LogP contribution in [0.4, 0.5) is 4.39 Å². The van der Waals surface area contributed by atoms with Gasteiger partial charge in [0.25, 0.3) is 5.91 Å². The summed E-state index contributed by atoms with van der Waals surface area (Å²) in [7, 11) is 0. The van der Waals surface area contributed by atoms with E-state index >= 15 is 0 Å². The molecule has 29 heavy (non-hydrogen) atoms. The Bertz CT molecular complexity index is 985. The van der Waals surface area contributed by atoms with Crippen LogP contribution in [0, 0.1) is 11.7 Å². The van der Waals surface area contributed by atoms with Gasteiger partial charge in [0.2, 0.25) is 0 Å². The van der Waals surface area contributed by atoms with Crippen molar-refractivity contribution in [3.63, 3.8) is 0 Å². The average Bonchev–Trinajstić information content (AvgIpc) is 3.20. The monoisotopic (exact) mass is 396 g/mol. The topological polar surface area (TPSA) is 81.4 Å². The second-order valence-electron chi connectivity index (χ2n) is 6.83. The number of carbonyl (C=O) groups excluding carboxylic acids is 2. The van der Waals surface area contributed by atoms with Crippen molar-refractivity contribution in [3.8, 4) is 11.3 Å². The zero-order chi connectivity index (χ0) is 20.8. The zero-order valence-electron chi connectivity index (χ0n) is 16.1. The molecule has 0 unspecified atom stereocenters. The zero-order valence-corrected chi connectivity index (χ0v) is 16.1. The highest BCUT2D eigenvalue weighted by Gasteiger charge is 2.27. The van der Waals surface area contributed by atoms with Crippen molar-refractivity contribution >= 4 is 11.9 Å². The van der Waals surface area contributed by atoms with Gasteiger partial charge >= 0.3 is 5.97 Å². The number of aromatic nitrogens is 1. The lowest BCUT2D eigenvalue weighted by Crippen LogP contribution is -2.45. The van der Waals surface area contributed by atoms with Crippen molar-refractivity contribution in [1.82, 2.24) is 10.5 Å². The highest BCUT2D eigenvalue weighted by Crippen LogP contribution is 2.20. The Kier molecular flexibility index (Phi) is 6.39. The number of halogens is 1. The Balaban J connectivity index is 1.62. The highest BCUT2D eigenvalue weighted by molar-refractivity contribution is 5.97. The number of benzene rings is 2. The third kappa shape index (κ3) is 5.07. The van der Waals surface area contributed by atoms with E-state index in [1.807, 2.05) is 30.3 Å². The standard InChI is InChI=1S/C22H21FN2O4/c1-14(2)20(24-21(26)17-10-6-7-11-18(17)23)22(27)28-13-16-12-19(29-25-16)15-8-4-3-5-9-15/h3-12,14,20H,13H2,1-2H3,(H,24,26)/t20-/m0/s1. The summed E-state index contributed by atoms with van der Waals surface area (Å²) >= 11 is 0. The van der Waals surface area contributed by atoms with Crippen LogP contribution in [0.1, 0.15) is 29.9 Å². The van der Waals surface area contributed by atoms with Gasteiger partial charge < -0.3 is 14.6 Å². The maximum atomic E-state index is 13.8. The molecule has 7 heteroatoms. The summed E-state index contributed by atoms with van der Waals surface area (Å²) in [5.41, 5.74) is 1.17. The maximum absolute atomic E-state index is 13.8. The minimum Gasteiger partial charge on any atom is -0.458 e. The number of ether oxygens (including phenoxy) is 1. The van der Waals surface area contributed by atoms with Crippen LogP contribution in [-0.2, 0) is 16.1 Å². The van der Waals surface area contributed by atoms with Gasteiger partial charge in [-0.1, -0.05) is 61.5 Å². The molecule has 0 aliphatic heterocycles. The molecule has 1 atom stereocenters. The molecular formula is C22H21FN2O4. The van der Waals surface area contributed by atoms with Gasteiger partial charge in [0.05, 0.1) is 5.56 Å². The molecule has 3 rings (SSSR count). The smallest absolute Gasteiger partial charge is 0.329 e. The van der Waals surface area contributed by atoms with Crippen LogP contribution >= 0.6 is 0 Å². The molecule has 1 aromatic heterocycles. The number of rotatable bonds is 7. The molecule has 3 aromatic rings. The minimum absolute atomic E-state index is 0.103. The molecule has 150 valence electrons. The van der Waals surface area contributed by atoms with E-state index < -0.39 is 23.7 Å². The fourth-order valence-corrected chi connectivity index (χ4v) is 2.72. The van der Waals surface area contributed by atoms with E-state index in [-0.39, 0.29) is 18.1 Å². The molecule has 0 bridgehead atoms. The molecule has 0 saturated carbocycles. The van der Waals surface area contributed by atoms with E-state index in [1.54, 1.807) is 26.0 Å². The second kappa shape index (κ2) is 9.14. The fourth-order valence-electron chi connectivity index (χ4n) is 2.72. The number of amides is 1. The number of hydrogen-bond acceptors (Lipinski definition) is 5. The molecule has 1 heterocycles. The van der Waals surface area contributed by atoms with Gasteiger partial charge in [-0.2, -0.15) is 0 Å². The predicted octanol–water partition coefficient (Wildman–Crippen LogP) is 3.98. The van der Waals surface area contributed by atoms with Crippen LogP contribution in [0.2, 0.25) is 0 Å². The van der Waals surface area contributed by atoms with Gasteiger partial charge in [0, 0.05) is 11.6 Å². The number of hydrogen-bond donors (Lipinski definition) is 1. The van der Waals surface area contributed by atoms with Crippen molar-refractivity contribution in [1.29, 1.82) is 0 Å². The summed E-state index contributed by atoms with van der Waals surface area (Å²) in [6, 6.07) is 15.7. The van der Waals surface area contributed by atoms with E-state index in [0.29, 0.717) is 11.5 Å². The third-order valence-electron chi connectivity index (χ3n) is 4.31. The molecule has 0 fully saturated rings. The Morgan fingerprint density at radius 1 is 1.10 bits per heavy atom. The van der Waals surface area contributed by atoms with Crippen LogP contribution in [0.3, 0.4) is 0 Å². The van der Waals surface area contributed by atoms with Crippen molar-refractivity contribution in [2.75, 3.05) is 0 Å². The summed E-state index contributed by atoms with van der Waals surface area (Å²) in [5.74, 6) is -1.65. The molecule has 0 spiro atoms. The summed E-state index contributed by atoms with van der Waals surface area (Å²) in [4.78, 5) is 24.8. The minimum atomic E-state index is -0.928. The number of carbonyl (C=O) groups is 2. The Hall–Kier alpha value is -3.48. The number of esters is 1. The van der Waals surface area contributed by atoms with Gasteiger partial charge in [0.1, 0.15) is 24.2 Å². The van der Waals surface area contributed by atoms with E-state index in [9.17, 15) is 14.0 Å². The molecular weight excluding hydrogens is 375 g/mol. The van der Waals surface area contributed by atoms with Crippen LogP contribution in [0.15, 0.2) is 65.2 Å². The molecule has 2 aromatic carbocycles. The highest BCUT2D eigenvalue weighted by atomic mass is 19.1. The van der Waals surface area contributed by atoms with E-state index in [4.69, 9.17) is 9.26 Å². The molecule has 0 saturated heterocycles. The quantitative estimate of drug-likeness (QED) is 0.611. The summed E-state index contributed by atoms with van der Waals surface area (Å²) < 4.78 is 24.4. The Morgan fingerprint density at radius 3 is 2.48 bits per heavy atom. The molecule has 0 radical (unpaired) electrons. The molecule has 0 aliphatic rings. The Labute approximate surface area is 167 Å². The summed E-state index contributed by atoms with van der Waals surface area (Å²) in [6.07, 6.45) is 0. The summed E-state index contributed by atoms with van der Waals surface area (Å²) in [5, 5.41) is 6.44. The van der Waals surface area contributed by atoms with E-state index in [1.165, 1.54) is 18.2 Å². The van der Waals surface area contributed by atoms with Crippen LogP contribution in [-0.4, -0.2) is 23.1 Å². The normalized spacial score (nSPS) is 11.9. The first kappa shape index (κ1) is 20.3. The molecule has 6 nitrogen and oxygen atoms in total. The van der Waals surface area contributed by atoms with Crippen LogP contribution < -0.4 is 5.32 Å². The van der Waals surface area contributed by atoms with Crippen LogP contribution in [0.5, 0.6) is 0 Å². The molecule has 0 aliphatic carbocycles. The first-order chi connectivity index (χ1) is 14.0. The maximum Gasteiger partial charge on any atom is 0.329 e. The fraction of sp³-hybridized carbons (Fsp3) is 0.227. The summed E-state index contributed by atoms with van der Waals surface area (Å²) in [6.45, 7) is 3.42. The van der Waals surface area contributed by atoms with Crippen molar-refractivity contribution in [2.24, 2.45) is 5.92 Å². The van der Waals surface area contributed by atoms with Crippen molar-refractivity contribution < 1.29 is 23.2 Å². The van der Waals surface area contributed by atoms with E-state index in [2.05, 4.69) is 10.5 Å². The molecule has 1 N–H and O–H groups in total. The lowest BCUT2D eigenvalue weighted by Gasteiger charge is -2.20. The van der Waals surface area contributed by atoms with Gasteiger partial charge in [-0.25, -0.2) is 9.18 Å². The van der Waals surface area contributed by atoms with Gasteiger partial charge in [0.15, 0.2) is 5.76 Å². The largest absolute Gasteiger partial charge is 0.458 e. The van der Waals surface area contributed by atoms with Crippen molar-refractivity contribution in [2.45, 2.75) is 26.5 Å². The third-order valence-corrected chi connectivity index (χ3v) is 4.31. The first-order valence-corrected chi connectivity index (χ1v) is 9.18. The van der Waals surface area contributed by atoms with Gasteiger partial charge in [-0.3, -0.25) is 4.79 Å².